The molecule has 2 amide bonds. The molecule has 0 radical (unpaired) electrons. The summed E-state index contributed by atoms with van der Waals surface area (Å²) in [6, 6.07) is 17.9. The molecule has 1 atom stereocenters. The van der Waals surface area contributed by atoms with Crippen LogP contribution in [0.4, 0.5) is 10.5 Å². The van der Waals surface area contributed by atoms with Crippen LogP contribution in [-0.4, -0.2) is 22.1 Å². The zero-order valence-corrected chi connectivity index (χ0v) is 19.2. The van der Waals surface area contributed by atoms with Crippen molar-refractivity contribution < 1.29 is 4.79 Å². The highest BCUT2D eigenvalue weighted by Gasteiger charge is 2.20. The van der Waals surface area contributed by atoms with Gasteiger partial charge in [0.15, 0.2) is 0 Å². The van der Waals surface area contributed by atoms with E-state index < -0.39 is 0 Å². The predicted octanol–water partition coefficient (Wildman–Crippen LogP) is 6.08. The first-order chi connectivity index (χ1) is 15.1. The molecule has 0 fully saturated rings. The number of hydrogen-bond donors (Lipinski definition) is 2. The van der Waals surface area contributed by atoms with E-state index in [0.717, 1.165) is 27.8 Å². The molecular weight excluding hydrogens is 452 g/mol. The first-order valence-electron chi connectivity index (χ1n) is 10.4. The fourth-order valence-corrected chi connectivity index (χ4v) is 4.14. The third-order valence-electron chi connectivity index (χ3n) is 5.50. The Bertz CT molecular complexity index is 1200. The Morgan fingerprint density at radius 1 is 1.16 bits per heavy atom. The molecule has 158 valence electrons. The molecule has 0 saturated carbocycles. The molecular formula is C25H25BrN4O. The van der Waals surface area contributed by atoms with Crippen molar-refractivity contribution in [1.29, 1.82) is 0 Å². The highest BCUT2D eigenvalue weighted by Crippen LogP contribution is 2.32. The van der Waals surface area contributed by atoms with Gasteiger partial charge in [-0.25, -0.2) is 4.79 Å². The van der Waals surface area contributed by atoms with E-state index in [-0.39, 0.29) is 11.9 Å². The lowest BCUT2D eigenvalue weighted by atomic mass is 9.92. The van der Waals surface area contributed by atoms with Crippen LogP contribution >= 0.6 is 15.9 Å². The van der Waals surface area contributed by atoms with E-state index >= 15 is 0 Å². The number of pyridine rings is 1. The monoisotopic (exact) mass is 476 g/mol. The summed E-state index contributed by atoms with van der Waals surface area (Å²) in [5.41, 5.74) is 5.28. The van der Waals surface area contributed by atoms with Crippen molar-refractivity contribution in [2.75, 3.05) is 11.9 Å². The number of hydrogen-bond acceptors (Lipinski definition) is 2. The topological polar surface area (TPSA) is 59.0 Å². The Morgan fingerprint density at radius 2 is 2.00 bits per heavy atom. The molecule has 31 heavy (non-hydrogen) atoms. The van der Waals surface area contributed by atoms with E-state index in [4.69, 9.17) is 0 Å². The molecule has 4 rings (SSSR count). The average molecular weight is 477 g/mol. The van der Waals surface area contributed by atoms with Crippen LogP contribution in [0.25, 0.3) is 10.9 Å². The van der Waals surface area contributed by atoms with Crippen LogP contribution in [-0.2, 0) is 6.54 Å². The summed E-state index contributed by atoms with van der Waals surface area (Å²) in [6.07, 6.45) is 5.84. The molecule has 5 nitrogen and oxygen atoms in total. The minimum absolute atomic E-state index is 0.0104. The van der Waals surface area contributed by atoms with Gasteiger partial charge in [0.25, 0.3) is 0 Å². The van der Waals surface area contributed by atoms with Crippen molar-refractivity contribution >= 4 is 38.6 Å². The first kappa shape index (κ1) is 21.1. The number of fused-ring (bicyclic) bond motifs is 1. The summed E-state index contributed by atoms with van der Waals surface area (Å²) >= 11 is 3.49. The number of halogens is 1. The molecule has 2 N–H and O–H groups in total. The van der Waals surface area contributed by atoms with Crippen molar-refractivity contribution in [1.82, 2.24) is 14.9 Å². The van der Waals surface area contributed by atoms with Crippen LogP contribution in [0, 0.1) is 6.92 Å². The summed E-state index contributed by atoms with van der Waals surface area (Å²) in [5, 5.41) is 7.18. The van der Waals surface area contributed by atoms with Gasteiger partial charge in [-0.3, -0.25) is 4.98 Å². The van der Waals surface area contributed by atoms with Gasteiger partial charge in [-0.2, -0.15) is 0 Å². The number of anilines is 1. The summed E-state index contributed by atoms with van der Waals surface area (Å²) in [5.74, 6) is -0.0104. The van der Waals surface area contributed by atoms with Gasteiger partial charge in [0.05, 0.1) is 0 Å². The van der Waals surface area contributed by atoms with Crippen molar-refractivity contribution in [3.05, 3.63) is 94.4 Å². The molecule has 0 bridgehead atoms. The number of carbonyl (C=O) groups excluding carboxylic acids is 1. The van der Waals surface area contributed by atoms with Gasteiger partial charge in [-0.15, -0.1) is 0 Å². The van der Waals surface area contributed by atoms with Gasteiger partial charge in [0, 0.05) is 58.7 Å². The Labute approximate surface area is 190 Å². The highest BCUT2D eigenvalue weighted by molar-refractivity contribution is 9.10. The number of rotatable bonds is 6. The normalized spacial score (nSPS) is 12.0. The predicted molar refractivity (Wildman–Crippen MR) is 130 cm³/mol. The molecule has 4 aromatic rings. The summed E-state index contributed by atoms with van der Waals surface area (Å²) in [7, 11) is 0. The molecule has 0 aliphatic heterocycles. The number of aryl methyl sites for hydroxylation is 2. The van der Waals surface area contributed by atoms with Crippen LogP contribution in [0.5, 0.6) is 0 Å². The molecule has 0 unspecified atom stereocenters. The maximum absolute atomic E-state index is 12.6. The maximum Gasteiger partial charge on any atom is 0.319 e. The van der Waals surface area contributed by atoms with Gasteiger partial charge >= 0.3 is 6.03 Å². The lowest BCUT2D eigenvalue weighted by Crippen LogP contribution is -2.32. The number of benzene rings is 2. The van der Waals surface area contributed by atoms with Crippen LogP contribution in [0.1, 0.15) is 29.5 Å². The van der Waals surface area contributed by atoms with Crippen molar-refractivity contribution in [3.63, 3.8) is 0 Å². The van der Waals surface area contributed by atoms with Gasteiger partial charge in [0.1, 0.15) is 0 Å². The third-order valence-corrected chi connectivity index (χ3v) is 6.39. The Kier molecular flexibility index (Phi) is 6.37. The van der Waals surface area contributed by atoms with Gasteiger partial charge in [0.2, 0.25) is 0 Å². The second-order valence-electron chi connectivity index (χ2n) is 7.53. The van der Waals surface area contributed by atoms with E-state index in [1.165, 1.54) is 16.5 Å². The molecule has 0 aliphatic rings. The molecule has 0 saturated heterocycles. The number of carbonyl (C=O) groups is 1. The van der Waals surface area contributed by atoms with Gasteiger partial charge in [-0.1, -0.05) is 40.2 Å². The van der Waals surface area contributed by atoms with E-state index in [9.17, 15) is 4.79 Å². The summed E-state index contributed by atoms with van der Waals surface area (Å²) < 4.78 is 3.26. The maximum atomic E-state index is 12.6. The molecule has 2 heterocycles. The van der Waals surface area contributed by atoms with Crippen molar-refractivity contribution in [2.24, 2.45) is 0 Å². The van der Waals surface area contributed by atoms with E-state index in [2.05, 4.69) is 79.6 Å². The number of nitrogens with one attached hydrogen (secondary N) is 2. The van der Waals surface area contributed by atoms with Crippen molar-refractivity contribution in [3.8, 4) is 0 Å². The van der Waals surface area contributed by atoms with Gasteiger partial charge in [-0.05, 0) is 60.9 Å². The quantitative estimate of drug-likeness (QED) is 0.354. The van der Waals surface area contributed by atoms with E-state index in [1.807, 2.05) is 37.4 Å². The molecule has 2 aromatic heterocycles. The highest BCUT2D eigenvalue weighted by atomic mass is 79.9. The van der Waals surface area contributed by atoms with Gasteiger partial charge < -0.3 is 15.2 Å². The third kappa shape index (κ3) is 4.64. The fourth-order valence-electron chi connectivity index (χ4n) is 3.90. The zero-order chi connectivity index (χ0) is 21.8. The number of nitrogens with zero attached hydrogens (tertiary/aromatic N) is 2. The molecule has 6 heteroatoms. The number of para-hydroxylation sites is 1. The second kappa shape index (κ2) is 9.35. The number of aromatic nitrogens is 2. The van der Waals surface area contributed by atoms with Crippen LogP contribution in [0.3, 0.4) is 0 Å². The van der Waals surface area contributed by atoms with Crippen LogP contribution in [0.2, 0.25) is 0 Å². The molecule has 0 spiro atoms. The Morgan fingerprint density at radius 3 is 2.74 bits per heavy atom. The fraction of sp³-hybridized carbons (Fsp3) is 0.200. The summed E-state index contributed by atoms with van der Waals surface area (Å²) in [4.78, 5) is 17.0. The van der Waals surface area contributed by atoms with E-state index in [1.54, 1.807) is 6.20 Å². The second-order valence-corrected chi connectivity index (χ2v) is 8.38. The standard InChI is InChI=1S/C25H25BrN4O/c1-3-30-16-22(20-8-4-5-9-24(20)30)21(18-7-6-12-27-14-18)15-28-25(31)29-19-10-11-23(26)17(2)13-19/h4-14,16,21H,3,15H2,1-2H3,(H2,28,29,31)/t21-/m1/s1. The van der Waals surface area contributed by atoms with E-state index in [0.29, 0.717) is 6.54 Å². The van der Waals surface area contributed by atoms with Crippen LogP contribution in [0.15, 0.2) is 77.7 Å². The molecule has 0 aliphatic carbocycles. The first-order valence-corrected chi connectivity index (χ1v) is 11.1. The Hall–Kier alpha value is -3.12. The minimum Gasteiger partial charge on any atom is -0.347 e. The number of amides is 2. The molecule has 2 aromatic carbocycles. The van der Waals surface area contributed by atoms with Crippen LogP contribution < -0.4 is 10.6 Å². The smallest absolute Gasteiger partial charge is 0.319 e. The largest absolute Gasteiger partial charge is 0.347 e. The van der Waals surface area contributed by atoms with Crippen molar-refractivity contribution in [2.45, 2.75) is 26.3 Å². The lowest BCUT2D eigenvalue weighted by molar-refractivity contribution is 0.252. The minimum atomic E-state index is -0.227. The Balaban J connectivity index is 1.60. The SMILES string of the molecule is CCn1cc([C@H](CNC(=O)Nc2ccc(Br)c(C)c2)c2cccnc2)c2ccccc21. The number of urea groups is 1. The zero-order valence-electron chi connectivity index (χ0n) is 17.6. The average Bonchev–Trinajstić information content (AvgIpc) is 3.16. The summed E-state index contributed by atoms with van der Waals surface area (Å²) in [6.45, 7) is 5.48. The lowest BCUT2D eigenvalue weighted by Gasteiger charge is -2.18.